The molecule has 0 saturated carbocycles. The number of anilines is 1. The number of aliphatic carboxylic acids is 2. The maximum absolute atomic E-state index is 14.1. The second-order valence-electron chi connectivity index (χ2n) is 10.1. The van der Waals surface area contributed by atoms with Gasteiger partial charge in [0.1, 0.15) is 23.9 Å². The van der Waals surface area contributed by atoms with Crippen LogP contribution in [-0.4, -0.2) is 89.5 Å². The number of carbonyl (C=O) groups is 6. The van der Waals surface area contributed by atoms with Crippen LogP contribution in [0.4, 0.5) is 5.82 Å². The van der Waals surface area contributed by atoms with Gasteiger partial charge in [-0.15, -0.1) is 10.2 Å². The van der Waals surface area contributed by atoms with Crippen molar-refractivity contribution in [3.63, 3.8) is 0 Å². The van der Waals surface area contributed by atoms with Crippen LogP contribution in [0.1, 0.15) is 63.8 Å². The molecule has 17 heteroatoms. The SMILES string of the molecule is CCC(C)C(NC(=O)CCC(=O)O)C(=O)NC(CCCC(=O)O)C(=O)N1c2ncccc2C[C@H]1C(=O)NCc1nn[nH]n1. The molecule has 3 heterocycles. The van der Waals surface area contributed by atoms with Crippen molar-refractivity contribution in [2.45, 2.75) is 83.5 Å². The molecule has 0 aliphatic carbocycles. The highest BCUT2D eigenvalue weighted by atomic mass is 16.4. The summed E-state index contributed by atoms with van der Waals surface area (Å²) < 4.78 is 0. The van der Waals surface area contributed by atoms with Gasteiger partial charge in [0.2, 0.25) is 17.7 Å². The lowest BCUT2D eigenvalue weighted by atomic mass is 9.97. The summed E-state index contributed by atoms with van der Waals surface area (Å²) in [4.78, 5) is 80.8. The third-order valence-corrected chi connectivity index (χ3v) is 7.05. The van der Waals surface area contributed by atoms with Gasteiger partial charge in [-0.05, 0) is 30.4 Å². The normalized spacial score (nSPS) is 16.0. The van der Waals surface area contributed by atoms with Gasteiger partial charge in [-0.25, -0.2) is 4.98 Å². The third kappa shape index (κ3) is 9.01. The Morgan fingerprint density at radius 1 is 1.09 bits per heavy atom. The molecule has 1 aliphatic rings. The first-order valence-electron chi connectivity index (χ1n) is 13.8. The standard InChI is InChI=1S/C26H35N9O8/c1-3-14(2)22(30-19(36)9-10-21(39)40)25(42)29-16(7-4-8-20(37)38)26(43)35-17(12-15-6-5-11-27-23(15)35)24(41)28-13-18-31-33-34-32-18/h5-6,11,14,16-17,22H,3-4,7-10,12-13H2,1-2H3,(H,28,41)(H,29,42)(H,30,36)(H,37,38)(H,39,40)(H,31,32,33,34)/t14?,16?,17-,22?/m0/s1. The number of carboxylic acids is 2. The third-order valence-electron chi connectivity index (χ3n) is 7.05. The van der Waals surface area contributed by atoms with E-state index in [0.29, 0.717) is 12.0 Å². The van der Waals surface area contributed by atoms with E-state index < -0.39 is 60.1 Å². The molecule has 0 spiro atoms. The van der Waals surface area contributed by atoms with Crippen LogP contribution < -0.4 is 20.9 Å². The monoisotopic (exact) mass is 601 g/mol. The summed E-state index contributed by atoms with van der Waals surface area (Å²) in [7, 11) is 0. The predicted octanol–water partition coefficient (Wildman–Crippen LogP) is -0.696. The molecule has 0 bridgehead atoms. The summed E-state index contributed by atoms with van der Waals surface area (Å²) in [6.45, 7) is 3.46. The van der Waals surface area contributed by atoms with Crippen LogP contribution in [0.5, 0.6) is 0 Å². The molecule has 232 valence electrons. The number of carbonyl (C=O) groups excluding carboxylic acids is 4. The van der Waals surface area contributed by atoms with E-state index in [1.54, 1.807) is 26.0 Å². The van der Waals surface area contributed by atoms with E-state index in [1.165, 1.54) is 11.1 Å². The molecule has 2 aromatic heterocycles. The fraction of sp³-hybridized carbons (Fsp3) is 0.538. The Bertz CT molecular complexity index is 1320. The number of nitrogens with one attached hydrogen (secondary N) is 4. The van der Waals surface area contributed by atoms with E-state index in [0.717, 1.165) is 0 Å². The minimum atomic E-state index is -1.27. The van der Waals surface area contributed by atoms with Crippen molar-refractivity contribution in [1.82, 2.24) is 41.6 Å². The first-order chi connectivity index (χ1) is 20.5. The number of H-pyrrole nitrogens is 1. The average Bonchev–Trinajstić information content (AvgIpc) is 3.64. The lowest BCUT2D eigenvalue weighted by Gasteiger charge is -2.30. The quantitative estimate of drug-likeness (QED) is 0.140. The lowest BCUT2D eigenvalue weighted by molar-refractivity contribution is -0.139. The second-order valence-corrected chi connectivity index (χ2v) is 10.1. The van der Waals surface area contributed by atoms with Crippen molar-refractivity contribution in [3.05, 3.63) is 29.7 Å². The Morgan fingerprint density at radius 3 is 2.49 bits per heavy atom. The van der Waals surface area contributed by atoms with Crippen LogP contribution in [0.3, 0.4) is 0 Å². The summed E-state index contributed by atoms with van der Waals surface area (Å²) >= 11 is 0. The maximum Gasteiger partial charge on any atom is 0.303 e. The Labute approximate surface area is 246 Å². The van der Waals surface area contributed by atoms with Gasteiger partial charge in [0.25, 0.3) is 5.91 Å². The molecule has 3 unspecified atom stereocenters. The molecule has 0 radical (unpaired) electrons. The van der Waals surface area contributed by atoms with Crippen LogP contribution in [-0.2, 0) is 41.7 Å². The Hall–Kier alpha value is -4.96. The number of aromatic amines is 1. The molecule has 6 N–H and O–H groups in total. The number of fused-ring (bicyclic) bond motifs is 1. The van der Waals surface area contributed by atoms with E-state index in [4.69, 9.17) is 5.11 Å². The van der Waals surface area contributed by atoms with Crippen LogP contribution in [0.25, 0.3) is 0 Å². The van der Waals surface area contributed by atoms with Crippen molar-refractivity contribution in [2.24, 2.45) is 5.92 Å². The van der Waals surface area contributed by atoms with Gasteiger partial charge in [-0.3, -0.25) is 33.7 Å². The number of tetrazole rings is 1. The van der Waals surface area contributed by atoms with Crippen molar-refractivity contribution in [3.8, 4) is 0 Å². The second kappa shape index (κ2) is 15.3. The highest BCUT2D eigenvalue weighted by Gasteiger charge is 2.42. The zero-order valence-electron chi connectivity index (χ0n) is 23.8. The first-order valence-corrected chi connectivity index (χ1v) is 13.8. The summed E-state index contributed by atoms with van der Waals surface area (Å²) in [5.74, 6) is -4.76. The number of pyridine rings is 1. The number of carboxylic acid groups (broad SMARTS) is 2. The molecule has 3 rings (SSSR count). The largest absolute Gasteiger partial charge is 0.481 e. The molecule has 2 aromatic rings. The fourth-order valence-corrected chi connectivity index (χ4v) is 4.58. The zero-order chi connectivity index (χ0) is 31.5. The zero-order valence-corrected chi connectivity index (χ0v) is 23.8. The van der Waals surface area contributed by atoms with E-state index in [1.807, 2.05) is 0 Å². The van der Waals surface area contributed by atoms with Crippen molar-refractivity contribution in [1.29, 1.82) is 0 Å². The predicted molar refractivity (Wildman–Crippen MR) is 147 cm³/mol. The number of aromatic nitrogens is 5. The van der Waals surface area contributed by atoms with Gasteiger partial charge in [0, 0.05) is 25.5 Å². The molecule has 17 nitrogen and oxygen atoms in total. The number of hydrogen-bond donors (Lipinski definition) is 6. The van der Waals surface area contributed by atoms with Crippen LogP contribution >= 0.6 is 0 Å². The van der Waals surface area contributed by atoms with Crippen molar-refractivity contribution in [2.75, 3.05) is 4.90 Å². The van der Waals surface area contributed by atoms with Gasteiger partial charge in [-0.2, -0.15) is 5.21 Å². The molecule has 4 atom stereocenters. The first kappa shape index (κ1) is 32.6. The van der Waals surface area contributed by atoms with Gasteiger partial charge in [0.15, 0.2) is 5.82 Å². The highest BCUT2D eigenvalue weighted by molar-refractivity contribution is 6.06. The Kier molecular flexibility index (Phi) is 11.6. The number of nitrogens with zero attached hydrogens (tertiary/aromatic N) is 5. The summed E-state index contributed by atoms with van der Waals surface area (Å²) in [6.07, 6.45) is 0.989. The Balaban J connectivity index is 1.86. The van der Waals surface area contributed by atoms with Crippen molar-refractivity contribution >= 4 is 41.4 Å². The number of amides is 4. The molecular formula is C26H35N9O8. The molecule has 1 aliphatic heterocycles. The van der Waals surface area contributed by atoms with E-state index in [2.05, 4.69) is 41.6 Å². The summed E-state index contributed by atoms with van der Waals surface area (Å²) in [6, 6.07) is -0.0199. The molecule has 0 saturated heterocycles. The van der Waals surface area contributed by atoms with Crippen LogP contribution in [0, 0.1) is 5.92 Å². The number of rotatable bonds is 16. The van der Waals surface area contributed by atoms with E-state index in [9.17, 15) is 33.9 Å². The fourth-order valence-electron chi connectivity index (χ4n) is 4.58. The van der Waals surface area contributed by atoms with Gasteiger partial charge in [-0.1, -0.05) is 31.5 Å². The minimum absolute atomic E-state index is 0.0304. The molecule has 43 heavy (non-hydrogen) atoms. The van der Waals surface area contributed by atoms with E-state index >= 15 is 0 Å². The Morgan fingerprint density at radius 2 is 1.84 bits per heavy atom. The molecule has 0 aromatic carbocycles. The topological polar surface area (TPSA) is 250 Å². The van der Waals surface area contributed by atoms with Crippen LogP contribution in [0.2, 0.25) is 0 Å². The smallest absolute Gasteiger partial charge is 0.303 e. The minimum Gasteiger partial charge on any atom is -0.481 e. The average molecular weight is 602 g/mol. The van der Waals surface area contributed by atoms with E-state index in [-0.39, 0.29) is 56.2 Å². The highest BCUT2D eigenvalue weighted by Crippen LogP contribution is 2.31. The molecule has 4 amide bonds. The molecular weight excluding hydrogens is 566 g/mol. The molecule has 0 fully saturated rings. The van der Waals surface area contributed by atoms with Gasteiger partial charge < -0.3 is 26.2 Å². The van der Waals surface area contributed by atoms with Gasteiger partial charge in [0.05, 0.1) is 13.0 Å². The maximum atomic E-state index is 14.1. The number of hydrogen-bond acceptors (Lipinski definition) is 10. The van der Waals surface area contributed by atoms with Crippen molar-refractivity contribution < 1.29 is 39.0 Å². The summed E-state index contributed by atoms with van der Waals surface area (Å²) in [5.41, 5.74) is 0.620. The van der Waals surface area contributed by atoms with Gasteiger partial charge >= 0.3 is 11.9 Å². The summed E-state index contributed by atoms with van der Waals surface area (Å²) in [5, 5.41) is 39.2. The lowest BCUT2D eigenvalue weighted by Crippen LogP contribution is -2.58. The van der Waals surface area contributed by atoms with Crippen LogP contribution in [0.15, 0.2) is 18.3 Å².